The molecule has 1 amide bonds. The first-order valence-electron chi connectivity index (χ1n) is 10.5. The lowest BCUT2D eigenvalue weighted by atomic mass is 10.2. The third kappa shape index (κ3) is 6.08. The van der Waals surface area contributed by atoms with Gasteiger partial charge in [-0.25, -0.2) is 4.79 Å². The Labute approximate surface area is 184 Å². The van der Waals surface area contributed by atoms with E-state index < -0.39 is 12.9 Å². The molecular weight excluding hydrogens is 407 g/mol. The van der Waals surface area contributed by atoms with Crippen LogP contribution in [0, 0.1) is 0 Å². The van der Waals surface area contributed by atoms with E-state index in [1.807, 2.05) is 57.6 Å². The number of carbonyl (C=O) groups excluding carboxylic acids is 1. The molecule has 3 rings (SSSR count). The molecule has 0 unspecified atom stereocenters. The van der Waals surface area contributed by atoms with Crippen LogP contribution in [0.5, 0.6) is 0 Å². The number of pyridine rings is 3. The molecule has 31 heavy (non-hydrogen) atoms. The first-order valence-corrected chi connectivity index (χ1v) is 12.5. The molecule has 0 spiro atoms. The first kappa shape index (κ1) is 22.8. The monoisotopic (exact) mass is 437 g/mol. The Bertz CT molecular complexity index is 851. The van der Waals surface area contributed by atoms with Gasteiger partial charge in [0.15, 0.2) is 0 Å². The van der Waals surface area contributed by atoms with Gasteiger partial charge in [-0.05, 0) is 70.0 Å². The number of rotatable bonds is 8. The molecule has 0 saturated carbocycles. The third-order valence-electron chi connectivity index (χ3n) is 4.85. The molecule has 0 atom stereocenters. The fourth-order valence-electron chi connectivity index (χ4n) is 3.55. The van der Waals surface area contributed by atoms with E-state index in [0.29, 0.717) is 6.54 Å². The summed E-state index contributed by atoms with van der Waals surface area (Å²) in [5.74, 6) is 0. The van der Waals surface area contributed by atoms with E-state index in [4.69, 9.17) is 4.74 Å². The van der Waals surface area contributed by atoms with Crippen molar-refractivity contribution in [2.75, 3.05) is 12.7 Å². The Morgan fingerprint density at radius 3 is 1.74 bits per heavy atom. The van der Waals surface area contributed by atoms with Crippen LogP contribution in [0.25, 0.3) is 0 Å². The highest BCUT2D eigenvalue weighted by Gasteiger charge is 2.45. The second-order valence-electron chi connectivity index (χ2n) is 8.30. The maximum absolute atomic E-state index is 11.9. The maximum Gasteiger partial charge on any atom is 0.407 e. The van der Waals surface area contributed by atoms with Crippen LogP contribution in [0.1, 0.15) is 33.6 Å². The molecule has 7 heteroatoms. The Kier molecular flexibility index (Phi) is 7.69. The third-order valence-corrected chi connectivity index (χ3v) is 9.27. The average Bonchev–Trinajstić information content (AvgIpc) is 2.77. The number of amides is 1. The number of hydrogen-bond donors (Lipinski definition) is 1. The fourth-order valence-corrected chi connectivity index (χ4v) is 7.73. The van der Waals surface area contributed by atoms with Gasteiger partial charge in [0.1, 0.15) is 28.8 Å². The highest BCUT2D eigenvalue weighted by Crippen LogP contribution is 2.55. The van der Waals surface area contributed by atoms with E-state index in [9.17, 15) is 4.79 Å². The van der Waals surface area contributed by atoms with Crippen LogP contribution in [0.4, 0.5) is 4.79 Å². The summed E-state index contributed by atoms with van der Waals surface area (Å²) in [5, 5.41) is 6.47. The maximum atomic E-state index is 11.9. The molecular formula is C24H30N4O2P+. The topological polar surface area (TPSA) is 77.0 Å². The van der Waals surface area contributed by atoms with Gasteiger partial charge in [0.2, 0.25) is 0 Å². The van der Waals surface area contributed by atoms with Crippen LogP contribution in [-0.4, -0.2) is 39.4 Å². The molecule has 0 saturated heterocycles. The van der Waals surface area contributed by atoms with Crippen molar-refractivity contribution >= 4 is 29.3 Å². The zero-order valence-corrected chi connectivity index (χ0v) is 19.3. The van der Waals surface area contributed by atoms with E-state index in [2.05, 4.69) is 38.5 Å². The highest BCUT2D eigenvalue weighted by molar-refractivity contribution is 7.95. The molecule has 162 valence electrons. The molecule has 3 heterocycles. The van der Waals surface area contributed by atoms with Gasteiger partial charge in [-0.3, -0.25) is 15.0 Å². The van der Waals surface area contributed by atoms with Crippen LogP contribution >= 0.6 is 7.26 Å². The number of ether oxygens (including phenoxy) is 1. The molecule has 0 bridgehead atoms. The van der Waals surface area contributed by atoms with Gasteiger partial charge in [0.05, 0.1) is 24.8 Å². The van der Waals surface area contributed by atoms with Crippen molar-refractivity contribution in [2.24, 2.45) is 0 Å². The van der Waals surface area contributed by atoms with Crippen molar-refractivity contribution in [2.45, 2.75) is 39.2 Å². The van der Waals surface area contributed by atoms with Crippen LogP contribution in [-0.2, 0) is 4.74 Å². The summed E-state index contributed by atoms with van der Waals surface area (Å²) in [7, 11) is -1.98. The number of carbonyl (C=O) groups is 1. The van der Waals surface area contributed by atoms with Gasteiger partial charge in [-0.2, -0.15) is 0 Å². The Morgan fingerprint density at radius 2 is 1.35 bits per heavy atom. The van der Waals surface area contributed by atoms with Gasteiger partial charge in [0, 0.05) is 25.1 Å². The second kappa shape index (κ2) is 10.5. The smallest absolute Gasteiger partial charge is 0.407 e. The summed E-state index contributed by atoms with van der Waals surface area (Å²) in [6.07, 6.45) is 13.6. The standard InChI is InChI=1S/C24H29N4O2P/c1-24(2,3)30-23(29)28-15-4-5-16-31(20-9-6-12-25-17-20,21-10-7-13-26-18-21)22-11-8-14-27-19-22/h6-14,17-19H,4-5,15-16H2,1-3H3/p+1. The molecule has 0 aromatic carbocycles. The largest absolute Gasteiger partial charge is 0.444 e. The van der Waals surface area contributed by atoms with Crippen molar-refractivity contribution in [3.63, 3.8) is 0 Å². The van der Waals surface area contributed by atoms with Gasteiger partial charge in [0.25, 0.3) is 0 Å². The lowest BCUT2D eigenvalue weighted by Crippen LogP contribution is -2.35. The summed E-state index contributed by atoms with van der Waals surface area (Å²) in [6.45, 7) is 6.16. The molecule has 0 aliphatic heterocycles. The summed E-state index contributed by atoms with van der Waals surface area (Å²) < 4.78 is 5.33. The lowest BCUT2D eigenvalue weighted by Gasteiger charge is -2.26. The van der Waals surface area contributed by atoms with Crippen molar-refractivity contribution in [3.8, 4) is 0 Å². The number of nitrogens with one attached hydrogen (secondary N) is 1. The molecule has 6 nitrogen and oxygen atoms in total. The zero-order valence-electron chi connectivity index (χ0n) is 18.4. The number of nitrogens with zero attached hydrogens (tertiary/aromatic N) is 3. The van der Waals surface area contributed by atoms with Gasteiger partial charge >= 0.3 is 6.09 Å². The van der Waals surface area contributed by atoms with Crippen LogP contribution in [0.2, 0.25) is 0 Å². The predicted molar refractivity (Wildman–Crippen MR) is 127 cm³/mol. The minimum atomic E-state index is -1.98. The Hall–Kier alpha value is -2.85. The van der Waals surface area contributed by atoms with E-state index in [0.717, 1.165) is 19.0 Å². The minimum absolute atomic E-state index is 0.375. The normalized spacial score (nSPS) is 11.7. The van der Waals surface area contributed by atoms with Crippen molar-refractivity contribution in [1.29, 1.82) is 0 Å². The molecule has 0 radical (unpaired) electrons. The predicted octanol–water partition coefficient (Wildman–Crippen LogP) is 3.47. The van der Waals surface area contributed by atoms with Crippen LogP contribution in [0.3, 0.4) is 0 Å². The summed E-state index contributed by atoms with van der Waals surface area (Å²) >= 11 is 0. The van der Waals surface area contributed by atoms with Gasteiger partial charge in [-0.1, -0.05) is 0 Å². The van der Waals surface area contributed by atoms with Crippen LogP contribution in [0.15, 0.2) is 73.6 Å². The highest BCUT2D eigenvalue weighted by atomic mass is 31.2. The van der Waals surface area contributed by atoms with E-state index >= 15 is 0 Å². The summed E-state index contributed by atoms with van der Waals surface area (Å²) in [4.78, 5) is 25.2. The minimum Gasteiger partial charge on any atom is -0.444 e. The van der Waals surface area contributed by atoms with E-state index in [1.54, 1.807) is 18.6 Å². The Balaban J connectivity index is 1.83. The molecule has 1 N–H and O–H groups in total. The quantitative estimate of drug-likeness (QED) is 0.431. The van der Waals surface area contributed by atoms with Crippen molar-refractivity contribution in [3.05, 3.63) is 73.6 Å². The van der Waals surface area contributed by atoms with Gasteiger partial charge in [-0.15, -0.1) is 0 Å². The van der Waals surface area contributed by atoms with E-state index in [1.165, 1.54) is 15.9 Å². The van der Waals surface area contributed by atoms with Gasteiger partial charge < -0.3 is 10.1 Å². The lowest BCUT2D eigenvalue weighted by molar-refractivity contribution is 0.0527. The second-order valence-corrected chi connectivity index (χ2v) is 11.9. The average molecular weight is 438 g/mol. The van der Waals surface area contributed by atoms with E-state index in [-0.39, 0.29) is 6.09 Å². The summed E-state index contributed by atoms with van der Waals surface area (Å²) in [6, 6.07) is 12.4. The van der Waals surface area contributed by atoms with Crippen molar-refractivity contribution < 1.29 is 9.53 Å². The number of unbranched alkanes of at least 4 members (excludes halogenated alkanes) is 1. The van der Waals surface area contributed by atoms with Crippen LogP contribution < -0.4 is 21.2 Å². The number of hydrogen-bond acceptors (Lipinski definition) is 5. The molecule has 3 aromatic rings. The number of aromatic nitrogens is 3. The van der Waals surface area contributed by atoms with Crippen molar-refractivity contribution in [1.82, 2.24) is 20.3 Å². The Morgan fingerprint density at radius 1 is 0.871 bits per heavy atom. The SMILES string of the molecule is CC(C)(C)OC(=O)NCCCC[P+](c1cccnc1)(c1cccnc1)c1cccnc1. The summed E-state index contributed by atoms with van der Waals surface area (Å²) in [5.41, 5.74) is -0.494. The fraction of sp³-hybridized carbons (Fsp3) is 0.333. The first-order chi connectivity index (χ1) is 14.9. The molecule has 0 aliphatic rings. The molecule has 0 aliphatic carbocycles. The molecule has 0 fully saturated rings. The zero-order chi connectivity index (χ0) is 22.2. The molecule has 3 aromatic heterocycles. The number of alkyl carbamates (subject to hydrolysis) is 1.